The Hall–Kier alpha value is -3.30. The van der Waals surface area contributed by atoms with Gasteiger partial charge in [0.15, 0.2) is 0 Å². The zero-order valence-electron chi connectivity index (χ0n) is 13.2. The van der Waals surface area contributed by atoms with Crippen molar-refractivity contribution >= 4 is 5.91 Å². The number of carbonyl (C=O) groups is 1. The Morgan fingerprint density at radius 3 is 2.85 bits per heavy atom. The smallest absolute Gasteiger partial charge is 0.416 e. The summed E-state index contributed by atoms with van der Waals surface area (Å²) < 4.78 is 48.0. The highest BCUT2D eigenvalue weighted by molar-refractivity contribution is 5.92. The lowest BCUT2D eigenvalue weighted by atomic mass is 10.2. The summed E-state index contributed by atoms with van der Waals surface area (Å²) in [5.41, 5.74) is 0.319. The molecule has 0 saturated carbocycles. The number of nitrogens with one attached hydrogen (secondary N) is 2. The largest absolute Gasteiger partial charge is 0.487 e. The minimum atomic E-state index is -4.44. The summed E-state index contributed by atoms with van der Waals surface area (Å²) in [6.45, 7) is 0.114. The molecule has 0 spiro atoms. The predicted molar refractivity (Wildman–Crippen MR) is 82.0 cm³/mol. The molecule has 0 fully saturated rings. The maximum absolute atomic E-state index is 12.7. The van der Waals surface area contributed by atoms with Gasteiger partial charge in [0.2, 0.25) is 0 Å². The highest BCUT2D eigenvalue weighted by atomic mass is 19.4. The predicted octanol–water partition coefficient (Wildman–Crippen LogP) is 2.93. The van der Waals surface area contributed by atoms with Gasteiger partial charge in [-0.15, -0.1) is 0 Å². The number of rotatable bonds is 6. The number of halogens is 3. The first kappa shape index (κ1) is 17.5. The number of carbonyl (C=O) groups excluding carboxylic acids is 1. The molecule has 1 aromatic carbocycles. The molecular formula is C16H13F3N4O3. The summed E-state index contributed by atoms with van der Waals surface area (Å²) >= 11 is 0. The lowest BCUT2D eigenvalue weighted by Crippen LogP contribution is -2.23. The number of ether oxygens (including phenoxy) is 1. The van der Waals surface area contributed by atoms with Crippen molar-refractivity contribution in [2.75, 3.05) is 0 Å². The SMILES string of the molecule is O=C(NCc1ccon1)c1cc(COc2cccc(C(F)(F)F)c2)[nH]n1. The number of amides is 1. The number of aromatic nitrogens is 3. The molecule has 7 nitrogen and oxygen atoms in total. The van der Waals surface area contributed by atoms with Gasteiger partial charge in [-0.05, 0) is 24.3 Å². The van der Waals surface area contributed by atoms with Crippen LogP contribution in [0.25, 0.3) is 0 Å². The molecule has 0 aliphatic heterocycles. The molecule has 0 bridgehead atoms. The van der Waals surface area contributed by atoms with Crippen molar-refractivity contribution in [2.45, 2.75) is 19.3 Å². The van der Waals surface area contributed by atoms with E-state index < -0.39 is 17.6 Å². The summed E-state index contributed by atoms with van der Waals surface area (Å²) in [5, 5.41) is 12.7. The quantitative estimate of drug-likeness (QED) is 0.700. The molecule has 2 N–H and O–H groups in total. The summed E-state index contributed by atoms with van der Waals surface area (Å²) in [7, 11) is 0. The Morgan fingerprint density at radius 1 is 1.27 bits per heavy atom. The van der Waals surface area contributed by atoms with E-state index in [0.29, 0.717) is 11.4 Å². The molecule has 136 valence electrons. The second kappa shape index (κ2) is 7.30. The zero-order valence-corrected chi connectivity index (χ0v) is 13.2. The van der Waals surface area contributed by atoms with Crippen molar-refractivity contribution in [3.63, 3.8) is 0 Å². The van der Waals surface area contributed by atoms with E-state index in [-0.39, 0.29) is 24.6 Å². The molecule has 2 aromatic heterocycles. The maximum atomic E-state index is 12.7. The zero-order chi connectivity index (χ0) is 18.6. The molecule has 1 amide bonds. The third-order valence-corrected chi connectivity index (χ3v) is 3.34. The standard InChI is InChI=1S/C16H13F3N4O3/c17-16(18,19)10-2-1-3-13(6-10)25-9-12-7-14(22-21-12)15(24)20-8-11-4-5-26-23-11/h1-7H,8-9H2,(H,20,24)(H,21,22). The molecule has 3 rings (SSSR count). The third kappa shape index (κ3) is 4.41. The van der Waals surface area contributed by atoms with E-state index >= 15 is 0 Å². The van der Waals surface area contributed by atoms with Crippen molar-refractivity contribution in [2.24, 2.45) is 0 Å². The molecule has 0 atom stereocenters. The van der Waals surface area contributed by atoms with Crippen LogP contribution in [-0.2, 0) is 19.3 Å². The van der Waals surface area contributed by atoms with Crippen LogP contribution in [0.5, 0.6) is 5.75 Å². The molecular weight excluding hydrogens is 353 g/mol. The average Bonchev–Trinajstić information content (AvgIpc) is 3.29. The summed E-state index contributed by atoms with van der Waals surface area (Å²) in [6, 6.07) is 7.60. The van der Waals surface area contributed by atoms with Crippen molar-refractivity contribution in [1.29, 1.82) is 0 Å². The fraction of sp³-hybridized carbons (Fsp3) is 0.188. The molecule has 0 saturated heterocycles. The van der Waals surface area contributed by atoms with Gasteiger partial charge in [-0.25, -0.2) is 0 Å². The van der Waals surface area contributed by atoms with E-state index in [9.17, 15) is 18.0 Å². The van der Waals surface area contributed by atoms with Crippen LogP contribution >= 0.6 is 0 Å². The van der Waals surface area contributed by atoms with Gasteiger partial charge >= 0.3 is 6.18 Å². The topological polar surface area (TPSA) is 93.0 Å². The van der Waals surface area contributed by atoms with Crippen LogP contribution in [0.1, 0.15) is 27.4 Å². The average molecular weight is 366 g/mol. The van der Waals surface area contributed by atoms with Gasteiger partial charge in [-0.3, -0.25) is 9.89 Å². The number of nitrogens with zero attached hydrogens (tertiary/aromatic N) is 2. The van der Waals surface area contributed by atoms with Gasteiger partial charge in [0.1, 0.15) is 30.0 Å². The number of aromatic amines is 1. The first-order valence-electron chi connectivity index (χ1n) is 7.43. The van der Waals surface area contributed by atoms with Crippen molar-refractivity contribution in [1.82, 2.24) is 20.7 Å². The van der Waals surface area contributed by atoms with Crippen molar-refractivity contribution < 1.29 is 27.2 Å². The molecule has 3 aromatic rings. The fourth-order valence-corrected chi connectivity index (χ4v) is 2.07. The molecule has 2 heterocycles. The number of H-pyrrole nitrogens is 1. The molecule has 0 unspecified atom stereocenters. The Bertz CT molecular complexity index is 875. The third-order valence-electron chi connectivity index (χ3n) is 3.34. The van der Waals surface area contributed by atoms with Crippen LogP contribution in [0.3, 0.4) is 0 Å². The summed E-state index contributed by atoms with van der Waals surface area (Å²) in [5.74, 6) is -0.374. The summed E-state index contributed by atoms with van der Waals surface area (Å²) in [4.78, 5) is 12.0. The Labute approximate surface area is 145 Å². The normalized spacial score (nSPS) is 11.3. The van der Waals surface area contributed by atoms with Crippen LogP contribution in [0.2, 0.25) is 0 Å². The van der Waals surface area contributed by atoms with Gasteiger partial charge in [0, 0.05) is 6.07 Å². The number of hydrogen-bond donors (Lipinski definition) is 2. The van der Waals surface area contributed by atoms with Crippen molar-refractivity contribution in [3.8, 4) is 5.75 Å². The van der Waals surface area contributed by atoms with E-state index in [4.69, 9.17) is 4.74 Å². The highest BCUT2D eigenvalue weighted by Gasteiger charge is 2.30. The minimum Gasteiger partial charge on any atom is -0.487 e. The van der Waals surface area contributed by atoms with E-state index in [2.05, 4.69) is 25.2 Å². The Kier molecular flexibility index (Phi) is 4.92. The second-order valence-electron chi connectivity index (χ2n) is 5.27. The number of alkyl halides is 3. The van der Waals surface area contributed by atoms with Gasteiger partial charge in [-0.1, -0.05) is 11.2 Å². The first-order chi connectivity index (χ1) is 12.4. The Morgan fingerprint density at radius 2 is 2.12 bits per heavy atom. The minimum absolute atomic E-state index is 0.0615. The van der Waals surface area contributed by atoms with Crippen LogP contribution in [-0.4, -0.2) is 21.3 Å². The van der Waals surface area contributed by atoms with Crippen LogP contribution in [0, 0.1) is 0 Å². The lowest BCUT2D eigenvalue weighted by Gasteiger charge is -2.09. The molecule has 0 aliphatic carbocycles. The van der Waals surface area contributed by atoms with Gasteiger partial charge in [0.25, 0.3) is 5.91 Å². The number of benzene rings is 1. The first-order valence-corrected chi connectivity index (χ1v) is 7.43. The highest BCUT2D eigenvalue weighted by Crippen LogP contribution is 2.31. The maximum Gasteiger partial charge on any atom is 0.416 e. The number of hydrogen-bond acceptors (Lipinski definition) is 5. The van der Waals surface area contributed by atoms with Gasteiger partial charge in [-0.2, -0.15) is 18.3 Å². The van der Waals surface area contributed by atoms with E-state index in [1.807, 2.05) is 0 Å². The monoisotopic (exact) mass is 366 g/mol. The Balaban J connectivity index is 1.56. The molecule has 10 heteroatoms. The van der Waals surface area contributed by atoms with E-state index in [1.165, 1.54) is 24.5 Å². The van der Waals surface area contributed by atoms with Gasteiger partial charge < -0.3 is 14.6 Å². The lowest BCUT2D eigenvalue weighted by molar-refractivity contribution is -0.137. The molecule has 0 radical (unpaired) electrons. The van der Waals surface area contributed by atoms with Crippen LogP contribution in [0.4, 0.5) is 13.2 Å². The fourth-order valence-electron chi connectivity index (χ4n) is 2.07. The van der Waals surface area contributed by atoms with Crippen molar-refractivity contribution in [3.05, 3.63) is 65.3 Å². The van der Waals surface area contributed by atoms with Crippen LogP contribution < -0.4 is 10.1 Å². The summed E-state index contributed by atoms with van der Waals surface area (Å²) in [6.07, 6.45) is -3.05. The van der Waals surface area contributed by atoms with Gasteiger partial charge in [0.05, 0.1) is 17.8 Å². The molecule has 26 heavy (non-hydrogen) atoms. The van der Waals surface area contributed by atoms with E-state index in [1.54, 1.807) is 6.07 Å². The second-order valence-corrected chi connectivity index (χ2v) is 5.27. The molecule has 0 aliphatic rings. The van der Waals surface area contributed by atoms with E-state index in [0.717, 1.165) is 12.1 Å². The van der Waals surface area contributed by atoms with Crippen LogP contribution in [0.15, 0.2) is 47.2 Å².